The third kappa shape index (κ3) is 3.08. The molecule has 1 aromatic heterocycles. The Hall–Kier alpha value is -2.08. The van der Waals surface area contributed by atoms with E-state index < -0.39 is 5.97 Å². The van der Waals surface area contributed by atoms with Crippen molar-refractivity contribution in [1.29, 1.82) is 0 Å². The van der Waals surface area contributed by atoms with Gasteiger partial charge in [-0.3, -0.25) is 0 Å². The number of ether oxygens (including phenoxy) is 2. The van der Waals surface area contributed by atoms with Crippen molar-refractivity contribution < 1.29 is 19.4 Å². The van der Waals surface area contributed by atoms with Crippen LogP contribution in [0.1, 0.15) is 15.9 Å². The van der Waals surface area contributed by atoms with Crippen LogP contribution in [0.5, 0.6) is 17.4 Å². The summed E-state index contributed by atoms with van der Waals surface area (Å²) in [6, 6.07) is 6.36. The normalized spacial score (nSPS) is 10.2. The van der Waals surface area contributed by atoms with Crippen LogP contribution >= 0.6 is 15.9 Å². The van der Waals surface area contributed by atoms with E-state index in [1.807, 2.05) is 13.0 Å². The summed E-state index contributed by atoms with van der Waals surface area (Å²) in [5.41, 5.74) is 0.841. The summed E-state index contributed by atoms with van der Waals surface area (Å²) in [6.07, 6.45) is 1.59. The Morgan fingerprint density at radius 1 is 1.35 bits per heavy atom. The van der Waals surface area contributed by atoms with E-state index in [0.717, 1.165) is 10.0 Å². The van der Waals surface area contributed by atoms with Gasteiger partial charge in [-0.2, -0.15) is 0 Å². The Labute approximate surface area is 124 Å². The number of nitrogens with zero attached hydrogens (tertiary/aromatic N) is 1. The highest BCUT2D eigenvalue weighted by molar-refractivity contribution is 9.10. The molecule has 0 atom stereocenters. The van der Waals surface area contributed by atoms with Crippen molar-refractivity contribution in [2.75, 3.05) is 7.11 Å². The molecule has 104 valence electrons. The molecule has 1 heterocycles. The van der Waals surface area contributed by atoms with Crippen LogP contribution in [-0.4, -0.2) is 23.2 Å². The van der Waals surface area contributed by atoms with E-state index in [1.165, 1.54) is 19.2 Å². The number of benzene rings is 1. The number of carbonyl (C=O) groups is 1. The van der Waals surface area contributed by atoms with Gasteiger partial charge in [0.05, 0.1) is 7.11 Å². The van der Waals surface area contributed by atoms with Crippen LogP contribution in [0.4, 0.5) is 0 Å². The first-order chi connectivity index (χ1) is 9.51. The fraction of sp³-hybridized carbons (Fsp3) is 0.143. The number of hydrogen-bond acceptors (Lipinski definition) is 4. The molecule has 2 aromatic rings. The molecule has 1 aromatic carbocycles. The monoisotopic (exact) mass is 337 g/mol. The Kier molecular flexibility index (Phi) is 4.24. The Morgan fingerprint density at radius 3 is 2.70 bits per heavy atom. The number of aryl methyl sites for hydroxylation is 1. The minimum Gasteiger partial charge on any atom is -0.497 e. The summed E-state index contributed by atoms with van der Waals surface area (Å²) in [6.45, 7) is 1.83. The highest BCUT2D eigenvalue weighted by Crippen LogP contribution is 2.30. The van der Waals surface area contributed by atoms with Gasteiger partial charge in [-0.1, -0.05) is 0 Å². The number of hydrogen-bond donors (Lipinski definition) is 1. The Bertz CT molecular complexity index is 658. The average molecular weight is 338 g/mol. The molecule has 0 bridgehead atoms. The molecule has 20 heavy (non-hydrogen) atoms. The predicted octanol–water partition coefficient (Wildman–Crippen LogP) is 3.65. The lowest BCUT2D eigenvalue weighted by atomic mass is 10.2. The van der Waals surface area contributed by atoms with Crippen molar-refractivity contribution in [2.24, 2.45) is 0 Å². The fourth-order valence-corrected chi connectivity index (χ4v) is 2.08. The topological polar surface area (TPSA) is 68.7 Å². The maximum atomic E-state index is 11.2. The molecule has 0 fully saturated rings. The second kappa shape index (κ2) is 5.92. The van der Waals surface area contributed by atoms with Gasteiger partial charge in [0, 0.05) is 22.3 Å². The second-order valence-electron chi connectivity index (χ2n) is 4.04. The van der Waals surface area contributed by atoms with E-state index in [4.69, 9.17) is 9.47 Å². The third-order valence-electron chi connectivity index (χ3n) is 2.62. The smallest absolute Gasteiger partial charge is 0.339 e. The van der Waals surface area contributed by atoms with E-state index in [-0.39, 0.29) is 11.3 Å². The van der Waals surface area contributed by atoms with Crippen LogP contribution in [0.2, 0.25) is 0 Å². The lowest BCUT2D eigenvalue weighted by Crippen LogP contribution is -2.02. The average Bonchev–Trinajstić information content (AvgIpc) is 2.41. The van der Waals surface area contributed by atoms with E-state index in [2.05, 4.69) is 20.9 Å². The van der Waals surface area contributed by atoms with Crippen molar-refractivity contribution in [3.05, 3.63) is 46.1 Å². The fourth-order valence-electron chi connectivity index (χ4n) is 1.63. The summed E-state index contributed by atoms with van der Waals surface area (Å²) in [7, 11) is 1.50. The maximum Gasteiger partial charge on any atom is 0.339 e. The van der Waals surface area contributed by atoms with Crippen molar-refractivity contribution in [3.63, 3.8) is 0 Å². The van der Waals surface area contributed by atoms with Crippen LogP contribution in [0.25, 0.3) is 0 Å². The predicted molar refractivity (Wildman–Crippen MR) is 76.7 cm³/mol. The Balaban J connectivity index is 2.43. The minimum absolute atomic E-state index is 0.0509. The van der Waals surface area contributed by atoms with E-state index in [1.54, 1.807) is 12.3 Å². The van der Waals surface area contributed by atoms with Crippen LogP contribution in [-0.2, 0) is 0 Å². The van der Waals surface area contributed by atoms with Crippen molar-refractivity contribution in [1.82, 2.24) is 4.98 Å². The zero-order valence-electron chi connectivity index (χ0n) is 10.9. The quantitative estimate of drug-likeness (QED) is 0.922. The van der Waals surface area contributed by atoms with Gasteiger partial charge in [0.15, 0.2) is 0 Å². The first kappa shape index (κ1) is 14.3. The molecule has 0 saturated carbocycles. The first-order valence-corrected chi connectivity index (χ1v) is 6.52. The molecule has 0 aliphatic heterocycles. The number of halogens is 1. The number of methoxy groups -OCH3 is 1. The van der Waals surface area contributed by atoms with Gasteiger partial charge in [0.2, 0.25) is 5.88 Å². The van der Waals surface area contributed by atoms with Gasteiger partial charge in [0.25, 0.3) is 0 Å². The van der Waals surface area contributed by atoms with Crippen molar-refractivity contribution in [3.8, 4) is 17.4 Å². The van der Waals surface area contributed by atoms with E-state index in [9.17, 15) is 9.90 Å². The molecule has 0 amide bonds. The van der Waals surface area contributed by atoms with Gasteiger partial charge in [-0.15, -0.1) is 0 Å². The van der Waals surface area contributed by atoms with Crippen LogP contribution in [0, 0.1) is 6.92 Å². The molecule has 0 unspecified atom stereocenters. The summed E-state index contributed by atoms with van der Waals surface area (Å²) < 4.78 is 11.5. The van der Waals surface area contributed by atoms with Gasteiger partial charge in [-0.25, -0.2) is 9.78 Å². The van der Waals surface area contributed by atoms with E-state index >= 15 is 0 Å². The summed E-state index contributed by atoms with van der Waals surface area (Å²) in [5.74, 6) is -0.0177. The van der Waals surface area contributed by atoms with Crippen LogP contribution in [0.3, 0.4) is 0 Å². The number of aromatic carboxylic acids is 1. The van der Waals surface area contributed by atoms with Gasteiger partial charge < -0.3 is 14.6 Å². The lowest BCUT2D eigenvalue weighted by Gasteiger charge is -2.11. The van der Waals surface area contributed by atoms with Gasteiger partial charge in [0.1, 0.15) is 17.1 Å². The number of carboxylic acids is 1. The molecule has 1 N–H and O–H groups in total. The highest BCUT2D eigenvalue weighted by atomic mass is 79.9. The van der Waals surface area contributed by atoms with Crippen molar-refractivity contribution in [2.45, 2.75) is 6.92 Å². The summed E-state index contributed by atoms with van der Waals surface area (Å²) in [5, 5.41) is 9.17. The molecule has 5 nitrogen and oxygen atoms in total. The largest absolute Gasteiger partial charge is 0.497 e. The Morgan fingerprint density at radius 2 is 2.10 bits per heavy atom. The van der Waals surface area contributed by atoms with Crippen molar-refractivity contribution >= 4 is 21.9 Å². The molecule has 0 aliphatic rings. The zero-order valence-corrected chi connectivity index (χ0v) is 12.5. The standard InChI is InChI=1S/C14H12BrNO4/c1-8-5-9(15)7-16-13(8)20-12-6-10(19-2)3-4-11(12)14(17)18/h3-7H,1-2H3,(H,17,18). The van der Waals surface area contributed by atoms with Gasteiger partial charge in [-0.05, 0) is 41.1 Å². The molecule has 6 heteroatoms. The summed E-state index contributed by atoms with van der Waals surface area (Å²) >= 11 is 3.31. The van der Waals surface area contributed by atoms with Crippen LogP contribution in [0.15, 0.2) is 34.9 Å². The molecule has 0 spiro atoms. The molecule has 0 aliphatic carbocycles. The number of pyridine rings is 1. The number of carboxylic acid groups (broad SMARTS) is 1. The minimum atomic E-state index is -1.07. The molecule has 0 saturated heterocycles. The SMILES string of the molecule is COc1ccc(C(=O)O)c(Oc2ncc(Br)cc2C)c1. The summed E-state index contributed by atoms with van der Waals surface area (Å²) in [4.78, 5) is 15.3. The molecular formula is C14H12BrNO4. The van der Waals surface area contributed by atoms with Crippen LogP contribution < -0.4 is 9.47 Å². The lowest BCUT2D eigenvalue weighted by molar-refractivity contribution is 0.0694. The highest BCUT2D eigenvalue weighted by Gasteiger charge is 2.15. The number of rotatable bonds is 4. The first-order valence-electron chi connectivity index (χ1n) is 5.72. The molecular weight excluding hydrogens is 326 g/mol. The maximum absolute atomic E-state index is 11.2. The zero-order chi connectivity index (χ0) is 14.7. The molecule has 2 rings (SSSR count). The van der Waals surface area contributed by atoms with Gasteiger partial charge >= 0.3 is 5.97 Å². The third-order valence-corrected chi connectivity index (χ3v) is 3.06. The second-order valence-corrected chi connectivity index (χ2v) is 4.96. The number of aromatic nitrogens is 1. The van der Waals surface area contributed by atoms with E-state index in [0.29, 0.717) is 11.6 Å². The molecule has 0 radical (unpaired) electrons.